The van der Waals surface area contributed by atoms with Crippen LogP contribution in [0.5, 0.6) is 0 Å². The molecule has 1 fully saturated rings. The fourth-order valence-corrected chi connectivity index (χ4v) is 2.28. The Morgan fingerprint density at radius 2 is 2.05 bits per heavy atom. The SMILES string of the molecule is CCNc1cc(Nc2c(F)cccc2Cl)nc(C2CC2)n1. The Balaban J connectivity index is 1.93. The molecule has 0 saturated heterocycles. The number of anilines is 3. The van der Waals surface area contributed by atoms with Gasteiger partial charge in [-0.3, -0.25) is 0 Å². The van der Waals surface area contributed by atoms with Gasteiger partial charge >= 0.3 is 0 Å². The van der Waals surface area contributed by atoms with Gasteiger partial charge in [-0.05, 0) is 31.9 Å². The summed E-state index contributed by atoms with van der Waals surface area (Å²) in [4.78, 5) is 8.95. The predicted octanol–water partition coefficient (Wildman–Crippen LogP) is 4.32. The largest absolute Gasteiger partial charge is 0.370 e. The maximum atomic E-state index is 13.9. The minimum Gasteiger partial charge on any atom is -0.370 e. The summed E-state index contributed by atoms with van der Waals surface area (Å²) in [5.41, 5.74) is 0.238. The number of hydrogen-bond donors (Lipinski definition) is 2. The highest BCUT2D eigenvalue weighted by Gasteiger charge is 2.27. The normalized spacial score (nSPS) is 14.0. The second-order valence-electron chi connectivity index (χ2n) is 5.02. The van der Waals surface area contributed by atoms with Gasteiger partial charge in [-0.15, -0.1) is 0 Å². The van der Waals surface area contributed by atoms with Crippen LogP contribution in [0, 0.1) is 5.82 Å². The van der Waals surface area contributed by atoms with Gasteiger partial charge in [0.05, 0.1) is 10.7 Å². The average molecular weight is 307 g/mol. The van der Waals surface area contributed by atoms with Gasteiger partial charge in [-0.25, -0.2) is 14.4 Å². The number of para-hydroxylation sites is 1. The van der Waals surface area contributed by atoms with Crippen LogP contribution in [0.1, 0.15) is 31.5 Å². The van der Waals surface area contributed by atoms with E-state index >= 15 is 0 Å². The van der Waals surface area contributed by atoms with Crippen LogP contribution in [-0.4, -0.2) is 16.5 Å². The van der Waals surface area contributed by atoms with Crippen LogP contribution in [0.2, 0.25) is 5.02 Å². The van der Waals surface area contributed by atoms with Crippen molar-refractivity contribution in [1.29, 1.82) is 0 Å². The summed E-state index contributed by atoms with van der Waals surface area (Å²) >= 11 is 6.03. The molecule has 1 saturated carbocycles. The molecular formula is C15H16ClFN4. The minimum absolute atomic E-state index is 0.238. The Kier molecular flexibility index (Phi) is 3.92. The highest BCUT2D eigenvalue weighted by Crippen LogP contribution is 2.39. The summed E-state index contributed by atoms with van der Waals surface area (Å²) in [6.45, 7) is 2.76. The fourth-order valence-electron chi connectivity index (χ4n) is 2.07. The Morgan fingerprint density at radius 1 is 1.29 bits per heavy atom. The number of aromatic nitrogens is 2. The molecule has 110 valence electrons. The number of hydrogen-bond acceptors (Lipinski definition) is 4. The van der Waals surface area contributed by atoms with Gasteiger partial charge in [0, 0.05) is 18.5 Å². The monoisotopic (exact) mass is 306 g/mol. The molecule has 3 rings (SSSR count). The summed E-state index contributed by atoms with van der Waals surface area (Å²) < 4.78 is 13.9. The molecule has 0 amide bonds. The van der Waals surface area contributed by atoms with Crippen LogP contribution < -0.4 is 10.6 Å². The molecule has 0 atom stereocenters. The Bertz CT molecular complexity index is 638. The smallest absolute Gasteiger partial charge is 0.148 e. The first-order valence-corrected chi connectivity index (χ1v) is 7.39. The molecule has 0 unspecified atom stereocenters. The van der Waals surface area contributed by atoms with E-state index < -0.39 is 5.82 Å². The number of benzene rings is 1. The summed E-state index contributed by atoms with van der Waals surface area (Å²) in [7, 11) is 0. The fraction of sp³-hybridized carbons (Fsp3) is 0.333. The standard InChI is InChI=1S/C15H16ClFN4/c1-2-18-12-8-13(21-15(20-12)9-6-7-9)19-14-10(16)4-3-5-11(14)17/h3-5,8-9H,2,6-7H2,1H3,(H2,18,19,20,21). The third kappa shape index (κ3) is 3.24. The first-order chi connectivity index (χ1) is 10.2. The lowest BCUT2D eigenvalue weighted by atomic mass is 10.3. The van der Waals surface area contributed by atoms with Gasteiger partial charge in [0.25, 0.3) is 0 Å². The molecule has 2 N–H and O–H groups in total. The Labute approximate surface area is 127 Å². The van der Waals surface area contributed by atoms with Gasteiger partial charge in [0.2, 0.25) is 0 Å². The van der Waals surface area contributed by atoms with Gasteiger partial charge < -0.3 is 10.6 Å². The Morgan fingerprint density at radius 3 is 2.71 bits per heavy atom. The molecule has 6 heteroatoms. The third-order valence-corrected chi connectivity index (χ3v) is 3.57. The molecule has 1 aromatic carbocycles. The number of halogens is 2. The van der Waals surface area contributed by atoms with Crippen molar-refractivity contribution < 1.29 is 4.39 Å². The average Bonchev–Trinajstić information content (AvgIpc) is 3.28. The predicted molar refractivity (Wildman–Crippen MR) is 82.9 cm³/mol. The molecule has 0 bridgehead atoms. The van der Waals surface area contributed by atoms with E-state index in [4.69, 9.17) is 11.6 Å². The second kappa shape index (κ2) is 5.85. The molecule has 0 radical (unpaired) electrons. The number of nitrogens with zero attached hydrogens (tertiary/aromatic N) is 2. The highest BCUT2D eigenvalue weighted by atomic mass is 35.5. The molecule has 1 heterocycles. The van der Waals surface area contributed by atoms with Crippen LogP contribution in [0.15, 0.2) is 24.3 Å². The maximum Gasteiger partial charge on any atom is 0.148 e. The van der Waals surface area contributed by atoms with Crippen molar-refractivity contribution in [2.45, 2.75) is 25.7 Å². The number of nitrogens with one attached hydrogen (secondary N) is 2. The molecule has 2 aromatic rings. The minimum atomic E-state index is -0.404. The van der Waals surface area contributed by atoms with Crippen molar-refractivity contribution >= 4 is 28.9 Å². The second-order valence-corrected chi connectivity index (χ2v) is 5.43. The zero-order valence-corrected chi connectivity index (χ0v) is 12.4. The first kappa shape index (κ1) is 14.1. The van der Waals surface area contributed by atoms with E-state index in [0.29, 0.717) is 16.8 Å². The molecular weight excluding hydrogens is 291 g/mol. The van der Waals surface area contributed by atoms with Crippen molar-refractivity contribution in [2.24, 2.45) is 0 Å². The zero-order chi connectivity index (χ0) is 14.8. The molecule has 0 aliphatic heterocycles. The van der Waals surface area contributed by atoms with Crippen molar-refractivity contribution in [3.63, 3.8) is 0 Å². The first-order valence-electron chi connectivity index (χ1n) is 7.01. The lowest BCUT2D eigenvalue weighted by Gasteiger charge is -2.12. The zero-order valence-electron chi connectivity index (χ0n) is 11.7. The molecule has 1 aliphatic carbocycles. The lowest BCUT2D eigenvalue weighted by molar-refractivity contribution is 0.632. The van der Waals surface area contributed by atoms with Crippen LogP contribution >= 0.6 is 11.6 Å². The number of rotatable bonds is 5. The maximum absolute atomic E-state index is 13.9. The van der Waals surface area contributed by atoms with E-state index in [1.165, 1.54) is 6.07 Å². The molecule has 21 heavy (non-hydrogen) atoms. The van der Waals surface area contributed by atoms with E-state index in [1.54, 1.807) is 18.2 Å². The van der Waals surface area contributed by atoms with Crippen LogP contribution in [0.25, 0.3) is 0 Å². The summed E-state index contributed by atoms with van der Waals surface area (Å²) in [6, 6.07) is 6.34. The third-order valence-electron chi connectivity index (χ3n) is 3.26. The molecule has 4 nitrogen and oxygen atoms in total. The van der Waals surface area contributed by atoms with E-state index in [2.05, 4.69) is 20.6 Å². The summed E-state index contributed by atoms with van der Waals surface area (Å²) in [6.07, 6.45) is 2.21. The Hall–Kier alpha value is -1.88. The van der Waals surface area contributed by atoms with Gasteiger partial charge in [-0.2, -0.15) is 0 Å². The van der Waals surface area contributed by atoms with E-state index in [-0.39, 0.29) is 5.69 Å². The van der Waals surface area contributed by atoms with Gasteiger partial charge in [0.15, 0.2) is 0 Å². The topological polar surface area (TPSA) is 49.8 Å². The quantitative estimate of drug-likeness (QED) is 0.863. The summed E-state index contributed by atoms with van der Waals surface area (Å²) in [5, 5.41) is 6.46. The lowest BCUT2D eigenvalue weighted by Crippen LogP contribution is -2.06. The van der Waals surface area contributed by atoms with Crippen molar-refractivity contribution in [1.82, 2.24) is 9.97 Å². The van der Waals surface area contributed by atoms with Crippen LogP contribution in [-0.2, 0) is 0 Å². The van der Waals surface area contributed by atoms with E-state index in [9.17, 15) is 4.39 Å². The van der Waals surface area contributed by atoms with Crippen LogP contribution in [0.3, 0.4) is 0 Å². The molecule has 0 spiro atoms. The van der Waals surface area contributed by atoms with Gasteiger partial charge in [-0.1, -0.05) is 17.7 Å². The molecule has 1 aromatic heterocycles. The van der Waals surface area contributed by atoms with E-state index in [0.717, 1.165) is 31.0 Å². The van der Waals surface area contributed by atoms with Gasteiger partial charge in [0.1, 0.15) is 23.3 Å². The van der Waals surface area contributed by atoms with Crippen molar-refractivity contribution in [3.05, 3.63) is 40.9 Å². The summed E-state index contributed by atoms with van der Waals surface area (Å²) in [5.74, 6) is 2.10. The molecule has 1 aliphatic rings. The van der Waals surface area contributed by atoms with Crippen molar-refractivity contribution in [2.75, 3.05) is 17.2 Å². The van der Waals surface area contributed by atoms with E-state index in [1.807, 2.05) is 6.92 Å². The van der Waals surface area contributed by atoms with Crippen molar-refractivity contribution in [3.8, 4) is 0 Å². The highest BCUT2D eigenvalue weighted by molar-refractivity contribution is 6.33. The van der Waals surface area contributed by atoms with Crippen LogP contribution in [0.4, 0.5) is 21.7 Å².